The minimum absolute atomic E-state index is 0.0241. The number of aryl methyl sites for hydroxylation is 7. The summed E-state index contributed by atoms with van der Waals surface area (Å²) in [5.41, 5.74) is 15.5. The number of hydrogen-bond acceptors (Lipinski definition) is 14. The van der Waals surface area contributed by atoms with Crippen LogP contribution in [-0.4, -0.2) is 93.0 Å². The topological polar surface area (TPSA) is 244 Å². The van der Waals surface area contributed by atoms with Crippen molar-refractivity contribution in [3.8, 4) is 16.9 Å². The summed E-state index contributed by atoms with van der Waals surface area (Å²) in [5.74, 6) is 0.989. The smallest absolute Gasteiger partial charge is 0.332 e. The molecule has 0 atom stereocenters. The van der Waals surface area contributed by atoms with Crippen molar-refractivity contribution in [1.82, 2.24) is 67.5 Å². The van der Waals surface area contributed by atoms with E-state index in [1.54, 1.807) is 54.2 Å². The van der Waals surface area contributed by atoms with Gasteiger partial charge in [0.05, 0.1) is 39.7 Å². The number of anilines is 4. The molecule has 7 aromatic carbocycles. The van der Waals surface area contributed by atoms with Crippen molar-refractivity contribution in [2.75, 3.05) is 28.2 Å². The van der Waals surface area contributed by atoms with Crippen LogP contribution in [0.1, 0.15) is 103 Å². The molecule has 552 valence electrons. The minimum atomic E-state index is -0.447. The van der Waals surface area contributed by atoms with Crippen molar-refractivity contribution in [1.29, 1.82) is 0 Å². The van der Waals surface area contributed by atoms with Gasteiger partial charge in [-0.25, -0.2) is 24.4 Å². The van der Waals surface area contributed by atoms with E-state index in [4.69, 9.17) is 16.6 Å². The molecule has 0 unspecified atom stereocenters. The van der Waals surface area contributed by atoms with Crippen molar-refractivity contribution >= 4 is 101 Å². The van der Waals surface area contributed by atoms with Crippen LogP contribution < -0.4 is 37.2 Å². The second-order valence-corrected chi connectivity index (χ2v) is 28.2. The highest BCUT2D eigenvalue weighted by atomic mass is 35.5. The van der Waals surface area contributed by atoms with Gasteiger partial charge in [0.15, 0.2) is 21.9 Å². The lowest BCUT2D eigenvalue weighted by molar-refractivity contribution is 0.0939. The Morgan fingerprint density at radius 3 is 2.13 bits per heavy atom. The molecule has 1 aliphatic heterocycles. The van der Waals surface area contributed by atoms with Gasteiger partial charge in [-0.2, -0.15) is 15.2 Å². The Hall–Kier alpha value is -12.7. The average Bonchev–Trinajstić information content (AvgIpc) is 1.56. The Morgan fingerprint density at radius 2 is 1.41 bits per heavy atom. The molecule has 0 fully saturated rings. The quantitative estimate of drug-likeness (QED) is 0.0862. The number of carbonyl (C=O) groups is 3. The number of pyridine rings is 1. The fourth-order valence-electron chi connectivity index (χ4n) is 13.3. The molecule has 1 aliphatic rings. The van der Waals surface area contributed by atoms with Crippen molar-refractivity contribution in [2.45, 2.75) is 86.9 Å². The van der Waals surface area contributed by atoms with Crippen molar-refractivity contribution in [3.63, 3.8) is 0 Å². The number of benzene rings is 7. The van der Waals surface area contributed by atoms with E-state index in [9.17, 15) is 28.8 Å². The maximum absolute atomic E-state index is 12.9. The lowest BCUT2D eigenvalue weighted by atomic mass is 10.1. The molecule has 8 aromatic heterocycles. The number of halogens is 1. The first kappa shape index (κ1) is 74.6. The lowest BCUT2D eigenvalue weighted by Gasteiger charge is -2.24. The van der Waals surface area contributed by atoms with E-state index in [0.29, 0.717) is 58.0 Å². The summed E-state index contributed by atoms with van der Waals surface area (Å²) in [5, 5.41) is 16.3. The number of fused-ring (bicyclic) bond motifs is 6. The number of para-hydroxylation sites is 2. The third-order valence-electron chi connectivity index (χ3n) is 19.0. The maximum atomic E-state index is 12.9. The second-order valence-electron chi connectivity index (χ2n) is 26.7. The third kappa shape index (κ3) is 16.1. The predicted octanol–water partition coefficient (Wildman–Crippen LogP) is 14.7. The predicted molar refractivity (Wildman–Crippen MR) is 432 cm³/mol. The molecule has 0 aliphatic carbocycles. The molecule has 0 radical (unpaired) electrons. The summed E-state index contributed by atoms with van der Waals surface area (Å²) < 4.78 is 12.5. The number of hydrogen-bond donors (Lipinski definition) is 2. The van der Waals surface area contributed by atoms with Crippen LogP contribution in [-0.2, 0) is 47.2 Å². The maximum Gasteiger partial charge on any atom is 0.332 e. The first-order valence-electron chi connectivity index (χ1n) is 36.0. The molecule has 25 heteroatoms. The van der Waals surface area contributed by atoms with Crippen LogP contribution in [0.15, 0.2) is 227 Å². The van der Waals surface area contributed by atoms with E-state index < -0.39 is 5.91 Å². The van der Waals surface area contributed by atoms with E-state index in [2.05, 4.69) is 108 Å². The standard InChI is InChI=1S/C22H22N4O2.C21H20ClN5.C21H17N3O2S.C20H23N5O2/c1-15-3-6-17(7-4-15)22(28)26-12-10-18-13-16(5-8-19(18)26)14-23-21(27)20-9-11-24-25(20)2;1-2-3-13-26(17-7-5-4-6-8-17)20-19-14-25-27(21(19)24-15-23-20)18-11-9-16(22)10-12-18;1-14-6-4-7-15(12-14)13-24-11-5-8-16(20(24)26)19(25)23-21-22-17-9-2-3-10-18(17)27-21;1-6-11-24-15(14-9-7-12(2)8-10-14)13(3)25-16-17(21-19(24)25)22(4)20(27)23(5)18(16)26/h3-9,11,13H,10,12,14H2,1-2H3,(H,23,27);4-12,14-15H,2-3,13H2,1H3;2-12H,13H2,1H3,(H,22,23,25);7-10H,6,11H2,1-5H3. The molecule has 16 rings (SSSR count). The minimum Gasteiger partial charge on any atom is -0.347 e. The molecule has 9 heterocycles. The fourth-order valence-corrected chi connectivity index (χ4v) is 14.3. The van der Waals surface area contributed by atoms with Gasteiger partial charge >= 0.3 is 5.69 Å². The summed E-state index contributed by atoms with van der Waals surface area (Å²) in [6.07, 6.45) is 10.7. The average molecular weight is 1490 g/mol. The number of rotatable bonds is 17. The lowest BCUT2D eigenvalue weighted by Crippen LogP contribution is -2.37. The number of carbonyl (C=O) groups excluding carboxylic acids is 3. The molecule has 23 nitrogen and oxygen atoms in total. The SMILES string of the molecule is CCCCN(c1ccccc1)c1ncnc2c1cnn2-c1ccc(Cl)cc1.CCCn1c(-c2ccc(C)cc2)c(C)n2c3c(=O)n(C)c(=O)n(C)c3nc12.Cc1ccc(C(=O)N2CCc3cc(CNC(=O)c4ccnn4C)ccc32)cc1.Cc1cccc(Cn2cccc(C(=O)Nc3nc4ccccc4s3)c2=O)c1. The largest absolute Gasteiger partial charge is 0.347 e. The molecule has 0 bridgehead atoms. The first-order valence-corrected chi connectivity index (χ1v) is 37.2. The van der Waals surface area contributed by atoms with Gasteiger partial charge in [-0.3, -0.25) is 47.5 Å². The zero-order chi connectivity index (χ0) is 76.6. The zero-order valence-corrected chi connectivity index (χ0v) is 63.6. The van der Waals surface area contributed by atoms with Crippen molar-refractivity contribution in [3.05, 3.63) is 305 Å². The van der Waals surface area contributed by atoms with E-state index >= 15 is 0 Å². The third-order valence-corrected chi connectivity index (χ3v) is 20.2. The molecule has 0 saturated carbocycles. The highest BCUT2D eigenvalue weighted by molar-refractivity contribution is 7.22. The monoisotopic (exact) mass is 1490 g/mol. The van der Waals surface area contributed by atoms with E-state index in [-0.39, 0.29) is 34.2 Å². The normalized spacial score (nSPS) is 11.6. The van der Waals surface area contributed by atoms with Crippen LogP contribution in [0.4, 0.5) is 22.3 Å². The Kier molecular flexibility index (Phi) is 22.6. The van der Waals surface area contributed by atoms with Crippen LogP contribution in [0.25, 0.3) is 55.1 Å². The summed E-state index contributed by atoms with van der Waals surface area (Å²) >= 11 is 7.40. The number of nitrogens with one attached hydrogen (secondary N) is 2. The Labute approximate surface area is 637 Å². The Balaban J connectivity index is 0.000000128. The number of imidazole rings is 2. The van der Waals surface area contributed by atoms with Crippen molar-refractivity contribution < 1.29 is 14.4 Å². The second kappa shape index (κ2) is 33.0. The van der Waals surface area contributed by atoms with Gasteiger partial charge < -0.3 is 24.3 Å². The summed E-state index contributed by atoms with van der Waals surface area (Å²) in [4.78, 5) is 97.8. The number of nitrogens with zero attached hydrogens (tertiary/aromatic N) is 15. The zero-order valence-electron chi connectivity index (χ0n) is 62.0. The number of unbranched alkanes of at least 4 members (excludes halogenated alkanes) is 1. The molecule has 0 saturated heterocycles. The molecular formula is C84H82ClN17O6S. The highest BCUT2D eigenvalue weighted by Crippen LogP contribution is 2.34. The van der Waals surface area contributed by atoms with Gasteiger partial charge in [-0.05, 0) is 149 Å². The number of amides is 3. The van der Waals surface area contributed by atoms with Crippen LogP contribution in [0, 0.1) is 27.7 Å². The van der Waals surface area contributed by atoms with Gasteiger partial charge in [0.1, 0.15) is 23.4 Å². The molecule has 109 heavy (non-hydrogen) atoms. The molecular weight excluding hydrogens is 1410 g/mol. The molecule has 0 spiro atoms. The summed E-state index contributed by atoms with van der Waals surface area (Å²) in [6, 6.07) is 60.5. The summed E-state index contributed by atoms with van der Waals surface area (Å²) in [6.45, 7) is 15.6. The summed E-state index contributed by atoms with van der Waals surface area (Å²) in [7, 11) is 4.89. The van der Waals surface area contributed by atoms with Crippen LogP contribution in [0.2, 0.25) is 5.02 Å². The fraction of sp³-hybridized carbons (Fsp3) is 0.214. The van der Waals surface area contributed by atoms with Crippen LogP contribution in [0.3, 0.4) is 0 Å². The van der Waals surface area contributed by atoms with E-state index in [0.717, 1.165) is 132 Å². The molecule has 3 amide bonds. The van der Waals surface area contributed by atoms with E-state index in [1.807, 2.05) is 168 Å². The van der Waals surface area contributed by atoms with Gasteiger partial charge in [0, 0.05) is 92.9 Å². The molecule has 15 aromatic rings. The van der Waals surface area contributed by atoms with Crippen LogP contribution >= 0.6 is 22.9 Å². The Bertz CT molecular complexity index is 6000. The van der Waals surface area contributed by atoms with Crippen LogP contribution in [0.5, 0.6) is 0 Å². The van der Waals surface area contributed by atoms with Gasteiger partial charge in [-0.1, -0.05) is 163 Å². The van der Waals surface area contributed by atoms with Gasteiger partial charge in [0.25, 0.3) is 28.8 Å². The van der Waals surface area contributed by atoms with Crippen molar-refractivity contribution in [2.24, 2.45) is 21.1 Å². The number of aromatic nitrogens is 13. The van der Waals surface area contributed by atoms with Gasteiger partial charge in [-0.15, -0.1) is 0 Å². The Morgan fingerprint density at radius 1 is 0.670 bits per heavy atom. The van der Waals surface area contributed by atoms with E-state index in [1.165, 1.54) is 34.6 Å². The molecule has 2 N–H and O–H groups in total. The highest BCUT2D eigenvalue weighted by Gasteiger charge is 2.28. The number of thiazole rings is 1. The first-order chi connectivity index (χ1) is 52.8. The van der Waals surface area contributed by atoms with Gasteiger partial charge in [0.2, 0.25) is 5.78 Å².